The fourth-order valence-electron chi connectivity index (χ4n) is 1.84. The van der Waals surface area contributed by atoms with Crippen LogP contribution in [-0.4, -0.2) is 9.55 Å². The van der Waals surface area contributed by atoms with Crippen molar-refractivity contribution in [3.05, 3.63) is 53.1 Å². The summed E-state index contributed by atoms with van der Waals surface area (Å²) >= 11 is 0. The van der Waals surface area contributed by atoms with Crippen LogP contribution in [0.2, 0.25) is 0 Å². The van der Waals surface area contributed by atoms with Gasteiger partial charge in [-0.15, -0.1) is 0 Å². The van der Waals surface area contributed by atoms with Gasteiger partial charge in [0.1, 0.15) is 11.9 Å². The Morgan fingerprint density at radius 2 is 2.06 bits per heavy atom. The lowest BCUT2D eigenvalue weighted by atomic mass is 10.0. The molecule has 0 saturated carbocycles. The standard InChI is InChI=1S/C12H14F2N4/c1-7-3-4-8(10(14)9(7)13)11(17-15)12-16-5-6-18(12)2/h3-6,11,17H,15H2,1-2H3. The third-order valence-corrected chi connectivity index (χ3v) is 2.90. The lowest BCUT2D eigenvalue weighted by Gasteiger charge is -2.17. The van der Waals surface area contributed by atoms with Gasteiger partial charge in [-0.2, -0.15) is 0 Å². The number of hydrazine groups is 1. The Kier molecular flexibility index (Phi) is 3.40. The van der Waals surface area contributed by atoms with Crippen molar-refractivity contribution in [2.24, 2.45) is 12.9 Å². The van der Waals surface area contributed by atoms with Crippen LogP contribution >= 0.6 is 0 Å². The number of nitrogens with zero attached hydrogens (tertiary/aromatic N) is 2. The highest BCUT2D eigenvalue weighted by molar-refractivity contribution is 5.31. The molecule has 2 rings (SSSR count). The van der Waals surface area contributed by atoms with Crippen molar-refractivity contribution >= 4 is 0 Å². The quantitative estimate of drug-likeness (QED) is 0.644. The maximum atomic E-state index is 13.9. The van der Waals surface area contributed by atoms with Gasteiger partial charge in [0.05, 0.1) is 0 Å². The van der Waals surface area contributed by atoms with E-state index < -0.39 is 17.7 Å². The predicted molar refractivity (Wildman–Crippen MR) is 63.5 cm³/mol. The minimum atomic E-state index is -0.902. The number of imidazole rings is 1. The lowest BCUT2D eigenvalue weighted by Crippen LogP contribution is -2.31. The largest absolute Gasteiger partial charge is 0.336 e. The molecule has 1 heterocycles. The predicted octanol–water partition coefficient (Wildman–Crippen LogP) is 1.56. The third-order valence-electron chi connectivity index (χ3n) is 2.90. The van der Waals surface area contributed by atoms with Gasteiger partial charge in [-0.3, -0.25) is 5.84 Å². The number of benzene rings is 1. The Morgan fingerprint density at radius 3 is 2.61 bits per heavy atom. The van der Waals surface area contributed by atoms with E-state index in [0.717, 1.165) is 0 Å². The zero-order valence-electron chi connectivity index (χ0n) is 10.1. The van der Waals surface area contributed by atoms with Gasteiger partial charge in [-0.05, 0) is 12.5 Å². The van der Waals surface area contributed by atoms with Gasteiger partial charge in [0.15, 0.2) is 11.6 Å². The molecular weight excluding hydrogens is 238 g/mol. The molecule has 1 atom stereocenters. The summed E-state index contributed by atoms with van der Waals surface area (Å²) in [5.41, 5.74) is 2.85. The summed E-state index contributed by atoms with van der Waals surface area (Å²) in [6.45, 7) is 1.51. The van der Waals surface area contributed by atoms with E-state index in [2.05, 4.69) is 10.4 Å². The van der Waals surface area contributed by atoms with Gasteiger partial charge in [0.2, 0.25) is 0 Å². The molecule has 0 bridgehead atoms. The Balaban J connectivity index is 2.53. The van der Waals surface area contributed by atoms with Gasteiger partial charge in [0.25, 0.3) is 0 Å². The molecule has 0 aliphatic heterocycles. The van der Waals surface area contributed by atoms with Crippen molar-refractivity contribution in [2.75, 3.05) is 0 Å². The average molecular weight is 252 g/mol. The van der Waals surface area contributed by atoms with Crippen LogP contribution in [0.5, 0.6) is 0 Å². The van der Waals surface area contributed by atoms with Gasteiger partial charge < -0.3 is 4.57 Å². The normalized spacial score (nSPS) is 12.7. The van der Waals surface area contributed by atoms with Crippen molar-refractivity contribution < 1.29 is 8.78 Å². The highest BCUT2D eigenvalue weighted by Crippen LogP contribution is 2.25. The van der Waals surface area contributed by atoms with E-state index in [-0.39, 0.29) is 11.1 Å². The molecule has 0 spiro atoms. The summed E-state index contributed by atoms with van der Waals surface area (Å²) in [6.07, 6.45) is 3.28. The zero-order valence-corrected chi connectivity index (χ0v) is 10.1. The molecule has 0 saturated heterocycles. The number of aromatic nitrogens is 2. The maximum Gasteiger partial charge on any atom is 0.164 e. The Labute approximate surface area is 103 Å². The van der Waals surface area contributed by atoms with Crippen molar-refractivity contribution in [2.45, 2.75) is 13.0 Å². The molecule has 6 heteroatoms. The molecule has 3 N–H and O–H groups in total. The molecule has 1 aromatic carbocycles. The number of nitrogens with one attached hydrogen (secondary N) is 1. The van der Waals surface area contributed by atoms with Crippen LogP contribution in [-0.2, 0) is 7.05 Å². The molecule has 18 heavy (non-hydrogen) atoms. The second-order valence-corrected chi connectivity index (χ2v) is 4.10. The van der Waals surface area contributed by atoms with E-state index in [9.17, 15) is 8.78 Å². The first-order chi connectivity index (χ1) is 8.56. The Hall–Kier alpha value is -1.79. The van der Waals surface area contributed by atoms with Crippen molar-refractivity contribution in [1.29, 1.82) is 0 Å². The van der Waals surface area contributed by atoms with E-state index in [4.69, 9.17) is 5.84 Å². The van der Waals surface area contributed by atoms with Crippen molar-refractivity contribution in [3.8, 4) is 0 Å². The molecule has 2 aromatic rings. The summed E-state index contributed by atoms with van der Waals surface area (Å²) < 4.78 is 29.2. The summed E-state index contributed by atoms with van der Waals surface area (Å²) in [6, 6.07) is 2.33. The molecule has 0 aliphatic carbocycles. The van der Waals surface area contributed by atoms with E-state index >= 15 is 0 Å². The first-order valence-corrected chi connectivity index (χ1v) is 5.44. The number of hydrogen-bond donors (Lipinski definition) is 2. The lowest BCUT2D eigenvalue weighted by molar-refractivity contribution is 0.471. The van der Waals surface area contributed by atoms with Crippen LogP contribution < -0.4 is 11.3 Å². The second-order valence-electron chi connectivity index (χ2n) is 4.10. The topological polar surface area (TPSA) is 55.9 Å². The summed E-state index contributed by atoms with van der Waals surface area (Å²) in [4.78, 5) is 4.09. The first kappa shape index (κ1) is 12.7. The van der Waals surface area contributed by atoms with Crippen LogP contribution in [0.1, 0.15) is 23.0 Å². The number of halogens is 2. The minimum Gasteiger partial charge on any atom is -0.336 e. The molecule has 1 unspecified atom stereocenters. The van der Waals surface area contributed by atoms with Gasteiger partial charge >= 0.3 is 0 Å². The number of nitrogens with two attached hydrogens (primary N) is 1. The van der Waals surface area contributed by atoms with Crippen LogP contribution in [0.15, 0.2) is 24.5 Å². The molecule has 4 nitrogen and oxygen atoms in total. The number of aryl methyl sites for hydroxylation is 2. The van der Waals surface area contributed by atoms with Gasteiger partial charge in [0, 0.05) is 25.0 Å². The summed E-state index contributed by atoms with van der Waals surface area (Å²) in [7, 11) is 1.76. The maximum absolute atomic E-state index is 13.9. The van der Waals surface area contributed by atoms with Crippen LogP contribution in [0.4, 0.5) is 8.78 Å². The van der Waals surface area contributed by atoms with Gasteiger partial charge in [-0.1, -0.05) is 12.1 Å². The van der Waals surface area contributed by atoms with Gasteiger partial charge in [-0.25, -0.2) is 19.2 Å². The first-order valence-electron chi connectivity index (χ1n) is 5.44. The van der Waals surface area contributed by atoms with E-state index in [1.54, 1.807) is 24.0 Å². The smallest absolute Gasteiger partial charge is 0.164 e. The summed E-state index contributed by atoms with van der Waals surface area (Å²) in [5.74, 6) is 4.18. The SMILES string of the molecule is Cc1ccc(C(NN)c2nccn2C)c(F)c1F. The molecule has 96 valence electrons. The monoisotopic (exact) mass is 252 g/mol. The average Bonchev–Trinajstić information content (AvgIpc) is 2.77. The van der Waals surface area contributed by atoms with Crippen LogP contribution in [0, 0.1) is 18.6 Å². The van der Waals surface area contributed by atoms with Crippen LogP contribution in [0.25, 0.3) is 0 Å². The number of hydrogen-bond acceptors (Lipinski definition) is 3. The third kappa shape index (κ3) is 2.00. The van der Waals surface area contributed by atoms with E-state index in [1.165, 1.54) is 19.1 Å². The molecular formula is C12H14F2N4. The Morgan fingerprint density at radius 1 is 1.33 bits per heavy atom. The molecule has 0 aliphatic rings. The second kappa shape index (κ2) is 4.83. The Bertz CT molecular complexity index is 565. The highest BCUT2D eigenvalue weighted by Gasteiger charge is 2.22. The molecule has 0 radical (unpaired) electrons. The fourth-order valence-corrected chi connectivity index (χ4v) is 1.84. The van der Waals surface area contributed by atoms with E-state index in [1.807, 2.05) is 0 Å². The zero-order chi connectivity index (χ0) is 13.3. The minimum absolute atomic E-state index is 0.134. The number of rotatable bonds is 3. The van der Waals surface area contributed by atoms with Crippen molar-refractivity contribution in [1.82, 2.24) is 15.0 Å². The van der Waals surface area contributed by atoms with Crippen LogP contribution in [0.3, 0.4) is 0 Å². The molecule has 0 fully saturated rings. The summed E-state index contributed by atoms with van der Waals surface area (Å²) in [5, 5.41) is 0. The van der Waals surface area contributed by atoms with Crippen molar-refractivity contribution in [3.63, 3.8) is 0 Å². The molecule has 0 amide bonds. The van der Waals surface area contributed by atoms with E-state index in [0.29, 0.717) is 5.82 Å². The fraction of sp³-hybridized carbons (Fsp3) is 0.250. The molecule has 1 aromatic heterocycles. The highest BCUT2D eigenvalue weighted by atomic mass is 19.2.